The van der Waals surface area contributed by atoms with Crippen molar-refractivity contribution in [3.8, 4) is 0 Å². The lowest BCUT2D eigenvalue weighted by molar-refractivity contribution is -0.121. The molecule has 1 aliphatic rings. The molecule has 0 aromatic carbocycles. The van der Waals surface area contributed by atoms with Gasteiger partial charge in [-0.25, -0.2) is 4.98 Å². The normalized spacial score (nSPS) is 14.5. The summed E-state index contributed by atoms with van der Waals surface area (Å²) in [7, 11) is 0. The lowest BCUT2D eigenvalue weighted by Gasteiger charge is -2.14. The first-order valence-corrected chi connectivity index (χ1v) is 6.54. The van der Waals surface area contributed by atoms with Gasteiger partial charge in [0.25, 0.3) is 0 Å². The first-order valence-electron chi connectivity index (χ1n) is 6.54. The van der Waals surface area contributed by atoms with E-state index in [1.807, 2.05) is 13.8 Å². The fourth-order valence-corrected chi connectivity index (χ4v) is 2.53. The molecule has 0 radical (unpaired) electrons. The number of imidazole rings is 1. The van der Waals surface area contributed by atoms with Crippen LogP contribution in [0.2, 0.25) is 0 Å². The molecule has 0 fully saturated rings. The van der Waals surface area contributed by atoms with Crippen LogP contribution in [-0.4, -0.2) is 22.0 Å². The van der Waals surface area contributed by atoms with E-state index in [0.29, 0.717) is 13.0 Å². The number of amides is 1. The highest BCUT2D eigenvalue weighted by Gasteiger charge is 2.18. The summed E-state index contributed by atoms with van der Waals surface area (Å²) in [6, 6.07) is 0. The second kappa shape index (κ2) is 5.34. The smallest absolute Gasteiger partial charge is 0.221 e. The minimum absolute atomic E-state index is 0.130. The molecule has 94 valence electrons. The van der Waals surface area contributed by atoms with E-state index in [9.17, 15) is 4.79 Å². The first kappa shape index (κ1) is 12.1. The standard InChI is InChI=1S/C13H21N3O/c1-3-14-13(17)8-9-16-10(2)15-11-6-4-5-7-12(11)16/h3-9H2,1-2H3,(H,14,17). The molecule has 1 aromatic rings. The maximum Gasteiger partial charge on any atom is 0.221 e. The Morgan fingerprint density at radius 3 is 2.94 bits per heavy atom. The van der Waals surface area contributed by atoms with Gasteiger partial charge in [0.2, 0.25) is 5.91 Å². The molecule has 0 bridgehead atoms. The summed E-state index contributed by atoms with van der Waals surface area (Å²) in [6.45, 7) is 5.46. The van der Waals surface area contributed by atoms with Crippen LogP contribution in [0.4, 0.5) is 0 Å². The van der Waals surface area contributed by atoms with Crippen LogP contribution < -0.4 is 5.32 Å². The molecule has 0 atom stereocenters. The second-order valence-electron chi connectivity index (χ2n) is 4.61. The third-order valence-electron chi connectivity index (χ3n) is 3.36. The second-order valence-corrected chi connectivity index (χ2v) is 4.61. The third-order valence-corrected chi connectivity index (χ3v) is 3.36. The number of carbonyl (C=O) groups is 1. The van der Waals surface area contributed by atoms with Crippen LogP contribution in [0.5, 0.6) is 0 Å². The Kier molecular flexibility index (Phi) is 3.82. The summed E-state index contributed by atoms with van der Waals surface area (Å²) in [4.78, 5) is 16.1. The number of nitrogens with one attached hydrogen (secondary N) is 1. The maximum atomic E-state index is 11.5. The lowest BCUT2D eigenvalue weighted by Crippen LogP contribution is -2.24. The van der Waals surface area contributed by atoms with Gasteiger partial charge in [0.05, 0.1) is 5.69 Å². The van der Waals surface area contributed by atoms with Gasteiger partial charge in [-0.1, -0.05) is 0 Å². The summed E-state index contributed by atoms with van der Waals surface area (Å²) in [5.41, 5.74) is 2.61. The van der Waals surface area contributed by atoms with Crippen molar-refractivity contribution in [3.05, 3.63) is 17.2 Å². The van der Waals surface area contributed by atoms with Crippen LogP contribution in [-0.2, 0) is 24.2 Å². The average Bonchev–Trinajstić information content (AvgIpc) is 2.62. The van der Waals surface area contributed by atoms with Crippen LogP contribution in [0.1, 0.15) is 43.4 Å². The molecule has 0 saturated carbocycles. The minimum atomic E-state index is 0.130. The summed E-state index contributed by atoms with van der Waals surface area (Å²) >= 11 is 0. The van der Waals surface area contributed by atoms with Gasteiger partial charge in [-0.3, -0.25) is 4.79 Å². The van der Waals surface area contributed by atoms with Crippen molar-refractivity contribution < 1.29 is 4.79 Å². The molecular weight excluding hydrogens is 214 g/mol. The lowest BCUT2D eigenvalue weighted by atomic mass is 10.0. The average molecular weight is 235 g/mol. The number of nitrogens with zero attached hydrogens (tertiary/aromatic N) is 2. The van der Waals surface area contributed by atoms with Gasteiger partial charge in [0.1, 0.15) is 5.82 Å². The van der Waals surface area contributed by atoms with E-state index in [0.717, 1.165) is 25.2 Å². The third kappa shape index (κ3) is 2.68. The van der Waals surface area contributed by atoms with E-state index in [4.69, 9.17) is 0 Å². The molecule has 4 nitrogen and oxygen atoms in total. The highest BCUT2D eigenvalue weighted by molar-refractivity contribution is 5.75. The first-order chi connectivity index (χ1) is 8.22. The molecule has 17 heavy (non-hydrogen) atoms. The van der Waals surface area contributed by atoms with E-state index >= 15 is 0 Å². The monoisotopic (exact) mass is 235 g/mol. The Morgan fingerprint density at radius 2 is 2.18 bits per heavy atom. The molecule has 1 aromatic heterocycles. The zero-order chi connectivity index (χ0) is 12.3. The van der Waals surface area contributed by atoms with E-state index < -0.39 is 0 Å². The maximum absolute atomic E-state index is 11.5. The van der Waals surface area contributed by atoms with Crippen LogP contribution in [0, 0.1) is 6.92 Å². The van der Waals surface area contributed by atoms with Crippen LogP contribution in [0.25, 0.3) is 0 Å². The van der Waals surface area contributed by atoms with Crippen LogP contribution in [0.3, 0.4) is 0 Å². The number of aromatic nitrogens is 2. The highest BCUT2D eigenvalue weighted by Crippen LogP contribution is 2.22. The predicted molar refractivity (Wildman–Crippen MR) is 66.9 cm³/mol. The quantitative estimate of drug-likeness (QED) is 0.861. The fraction of sp³-hybridized carbons (Fsp3) is 0.692. The topological polar surface area (TPSA) is 46.9 Å². The molecule has 0 spiro atoms. The molecule has 0 saturated heterocycles. The Labute approximate surface area is 102 Å². The van der Waals surface area contributed by atoms with E-state index in [2.05, 4.69) is 14.9 Å². The molecular formula is C13H21N3O. The zero-order valence-corrected chi connectivity index (χ0v) is 10.8. The van der Waals surface area contributed by atoms with Crippen molar-refractivity contribution in [2.24, 2.45) is 0 Å². The van der Waals surface area contributed by atoms with Crippen molar-refractivity contribution in [1.29, 1.82) is 0 Å². The van der Waals surface area contributed by atoms with Crippen molar-refractivity contribution in [3.63, 3.8) is 0 Å². The Morgan fingerprint density at radius 1 is 1.41 bits per heavy atom. The SMILES string of the molecule is CCNC(=O)CCn1c(C)nc2c1CCCC2. The summed E-state index contributed by atoms with van der Waals surface area (Å²) in [5.74, 6) is 1.19. The number of carbonyl (C=O) groups excluding carboxylic acids is 1. The zero-order valence-electron chi connectivity index (χ0n) is 10.8. The van der Waals surface area contributed by atoms with Gasteiger partial charge in [-0.15, -0.1) is 0 Å². The number of rotatable bonds is 4. The summed E-state index contributed by atoms with van der Waals surface area (Å²) in [6.07, 6.45) is 5.27. The number of hydrogen-bond acceptors (Lipinski definition) is 2. The number of fused-ring (bicyclic) bond motifs is 1. The van der Waals surface area contributed by atoms with Gasteiger partial charge in [0, 0.05) is 25.2 Å². The van der Waals surface area contributed by atoms with Crippen molar-refractivity contribution in [2.75, 3.05) is 6.54 Å². The van der Waals surface area contributed by atoms with Crippen molar-refractivity contribution in [2.45, 2.75) is 52.5 Å². The molecule has 2 rings (SSSR count). The summed E-state index contributed by atoms with van der Waals surface area (Å²) < 4.78 is 2.23. The molecule has 1 aliphatic carbocycles. The molecule has 0 unspecified atom stereocenters. The van der Waals surface area contributed by atoms with Gasteiger partial charge >= 0.3 is 0 Å². The fourth-order valence-electron chi connectivity index (χ4n) is 2.53. The molecule has 1 amide bonds. The van der Waals surface area contributed by atoms with Crippen LogP contribution in [0.15, 0.2) is 0 Å². The van der Waals surface area contributed by atoms with E-state index in [-0.39, 0.29) is 5.91 Å². The van der Waals surface area contributed by atoms with Crippen LogP contribution >= 0.6 is 0 Å². The Bertz CT molecular complexity index is 409. The predicted octanol–water partition coefficient (Wildman–Crippen LogP) is 1.60. The largest absolute Gasteiger partial charge is 0.356 e. The van der Waals surface area contributed by atoms with Gasteiger partial charge in [-0.05, 0) is 39.5 Å². The van der Waals surface area contributed by atoms with Gasteiger partial charge < -0.3 is 9.88 Å². The molecule has 4 heteroatoms. The highest BCUT2D eigenvalue weighted by atomic mass is 16.1. The molecule has 1 heterocycles. The van der Waals surface area contributed by atoms with Gasteiger partial charge in [0.15, 0.2) is 0 Å². The van der Waals surface area contributed by atoms with E-state index in [1.54, 1.807) is 0 Å². The van der Waals surface area contributed by atoms with Crippen molar-refractivity contribution in [1.82, 2.24) is 14.9 Å². The minimum Gasteiger partial charge on any atom is -0.356 e. The number of hydrogen-bond donors (Lipinski definition) is 1. The van der Waals surface area contributed by atoms with Gasteiger partial charge in [-0.2, -0.15) is 0 Å². The van der Waals surface area contributed by atoms with E-state index in [1.165, 1.54) is 24.2 Å². The Hall–Kier alpha value is -1.32. The Balaban J connectivity index is 2.05. The molecule has 1 N–H and O–H groups in total. The number of aryl methyl sites for hydroxylation is 2. The molecule has 0 aliphatic heterocycles. The van der Waals surface area contributed by atoms with Crippen molar-refractivity contribution >= 4 is 5.91 Å². The summed E-state index contributed by atoms with van der Waals surface area (Å²) in [5, 5.41) is 2.83.